The first-order chi connectivity index (χ1) is 13.4. The standard InChI is InChI=1S/C20H37N3O6/c1-19(2,3)28-16(24)15-22-10-12-23(13-11-22)18(26)27-14-8-7-9-21-17(25)29-20(4,5)6/h7-15H2,1-6H3,(H,21,25). The summed E-state index contributed by atoms with van der Waals surface area (Å²) in [5, 5.41) is 2.67. The number of carbonyl (C=O) groups excluding carboxylic acids is 3. The van der Waals surface area contributed by atoms with Crippen molar-refractivity contribution in [2.24, 2.45) is 0 Å². The molecule has 0 bridgehead atoms. The SMILES string of the molecule is CC(C)(C)OC(=O)CN1CCN(C(=O)OCCCCNC(=O)OC(C)(C)C)CC1. The molecule has 1 aliphatic rings. The molecule has 0 aromatic rings. The van der Waals surface area contributed by atoms with E-state index in [2.05, 4.69) is 5.32 Å². The molecule has 0 saturated carbocycles. The van der Waals surface area contributed by atoms with Crippen LogP contribution in [0.25, 0.3) is 0 Å². The van der Waals surface area contributed by atoms with Crippen LogP contribution in [0.15, 0.2) is 0 Å². The van der Waals surface area contributed by atoms with E-state index in [-0.39, 0.29) is 18.6 Å². The number of unbranched alkanes of at least 4 members (excludes halogenated alkanes) is 1. The molecule has 0 spiro atoms. The summed E-state index contributed by atoms with van der Waals surface area (Å²) in [5.74, 6) is -0.256. The van der Waals surface area contributed by atoms with Crippen LogP contribution >= 0.6 is 0 Å². The van der Waals surface area contributed by atoms with Gasteiger partial charge in [-0.15, -0.1) is 0 Å². The highest BCUT2D eigenvalue weighted by Crippen LogP contribution is 2.09. The average Bonchev–Trinajstić information content (AvgIpc) is 2.55. The summed E-state index contributed by atoms with van der Waals surface area (Å²) in [6.07, 6.45) is 0.553. The van der Waals surface area contributed by atoms with Crippen LogP contribution < -0.4 is 5.32 Å². The first-order valence-electron chi connectivity index (χ1n) is 10.2. The van der Waals surface area contributed by atoms with Gasteiger partial charge in [0.15, 0.2) is 0 Å². The summed E-state index contributed by atoms with van der Waals surface area (Å²) in [7, 11) is 0. The third kappa shape index (κ3) is 12.2. The van der Waals surface area contributed by atoms with Crippen LogP contribution in [0.1, 0.15) is 54.4 Å². The monoisotopic (exact) mass is 415 g/mol. The molecule has 168 valence electrons. The third-order valence-electron chi connectivity index (χ3n) is 3.87. The highest BCUT2D eigenvalue weighted by Gasteiger charge is 2.25. The van der Waals surface area contributed by atoms with E-state index in [1.54, 1.807) is 4.90 Å². The summed E-state index contributed by atoms with van der Waals surface area (Å²) < 4.78 is 15.7. The Hall–Kier alpha value is -2.03. The van der Waals surface area contributed by atoms with Crippen LogP contribution in [0.3, 0.4) is 0 Å². The lowest BCUT2D eigenvalue weighted by Crippen LogP contribution is -2.50. The average molecular weight is 416 g/mol. The fraction of sp³-hybridized carbons (Fsp3) is 0.850. The number of carbonyl (C=O) groups is 3. The molecule has 0 atom stereocenters. The maximum Gasteiger partial charge on any atom is 0.409 e. The zero-order valence-electron chi connectivity index (χ0n) is 18.7. The number of nitrogens with zero attached hydrogens (tertiary/aromatic N) is 2. The molecular formula is C20H37N3O6. The van der Waals surface area contributed by atoms with Crippen molar-refractivity contribution in [2.75, 3.05) is 45.9 Å². The minimum atomic E-state index is -0.517. The second kappa shape index (κ2) is 11.2. The molecule has 29 heavy (non-hydrogen) atoms. The maximum atomic E-state index is 12.1. The lowest BCUT2D eigenvalue weighted by Gasteiger charge is -2.34. The van der Waals surface area contributed by atoms with Gasteiger partial charge in [0, 0.05) is 32.7 Å². The fourth-order valence-corrected chi connectivity index (χ4v) is 2.63. The van der Waals surface area contributed by atoms with E-state index in [0.29, 0.717) is 52.2 Å². The normalized spacial score (nSPS) is 15.6. The van der Waals surface area contributed by atoms with Gasteiger partial charge in [0.25, 0.3) is 0 Å². The lowest BCUT2D eigenvalue weighted by molar-refractivity contribution is -0.156. The molecule has 0 unspecified atom stereocenters. The first kappa shape index (κ1) is 25.0. The third-order valence-corrected chi connectivity index (χ3v) is 3.87. The Kier molecular flexibility index (Phi) is 9.68. The molecule has 9 nitrogen and oxygen atoms in total. The molecule has 1 saturated heterocycles. The van der Waals surface area contributed by atoms with Gasteiger partial charge in [0.2, 0.25) is 0 Å². The van der Waals surface area contributed by atoms with Gasteiger partial charge in [-0.3, -0.25) is 9.69 Å². The van der Waals surface area contributed by atoms with Crippen LogP contribution in [-0.4, -0.2) is 85.0 Å². The number of rotatable bonds is 7. The van der Waals surface area contributed by atoms with Gasteiger partial charge in [0.05, 0.1) is 13.2 Å². The molecule has 0 aromatic carbocycles. The van der Waals surface area contributed by atoms with E-state index in [0.717, 1.165) is 0 Å². The number of hydrogen-bond acceptors (Lipinski definition) is 7. The molecule has 1 N–H and O–H groups in total. The molecule has 1 fully saturated rings. The second-order valence-corrected chi connectivity index (χ2v) is 9.10. The number of piperazine rings is 1. The van der Waals surface area contributed by atoms with Crippen molar-refractivity contribution in [3.8, 4) is 0 Å². The highest BCUT2D eigenvalue weighted by molar-refractivity contribution is 5.72. The molecule has 0 radical (unpaired) electrons. The Morgan fingerprint density at radius 3 is 2.00 bits per heavy atom. The van der Waals surface area contributed by atoms with Gasteiger partial charge in [-0.1, -0.05) is 0 Å². The summed E-state index contributed by atoms with van der Waals surface area (Å²) in [6.45, 7) is 14.2. The second-order valence-electron chi connectivity index (χ2n) is 9.10. The molecular weight excluding hydrogens is 378 g/mol. The van der Waals surface area contributed by atoms with Crippen molar-refractivity contribution < 1.29 is 28.6 Å². The zero-order valence-corrected chi connectivity index (χ0v) is 18.7. The van der Waals surface area contributed by atoms with Crippen LogP contribution in [-0.2, 0) is 19.0 Å². The number of hydrogen-bond donors (Lipinski definition) is 1. The quantitative estimate of drug-likeness (QED) is 0.387. The molecule has 2 amide bonds. The van der Waals surface area contributed by atoms with E-state index >= 15 is 0 Å². The van der Waals surface area contributed by atoms with Crippen LogP contribution in [0.4, 0.5) is 9.59 Å². The molecule has 1 aliphatic heterocycles. The smallest absolute Gasteiger partial charge is 0.409 e. The van der Waals surface area contributed by atoms with Crippen molar-refractivity contribution in [1.29, 1.82) is 0 Å². The number of ether oxygens (including phenoxy) is 3. The van der Waals surface area contributed by atoms with Gasteiger partial charge in [-0.25, -0.2) is 9.59 Å². The number of nitrogens with one attached hydrogen (secondary N) is 1. The van der Waals surface area contributed by atoms with Crippen molar-refractivity contribution in [1.82, 2.24) is 15.1 Å². The maximum absolute atomic E-state index is 12.1. The van der Waals surface area contributed by atoms with E-state index in [4.69, 9.17) is 14.2 Å². The zero-order chi connectivity index (χ0) is 22.1. The van der Waals surface area contributed by atoms with E-state index < -0.39 is 17.3 Å². The predicted molar refractivity (Wildman–Crippen MR) is 109 cm³/mol. The molecule has 0 aromatic heterocycles. The van der Waals surface area contributed by atoms with Gasteiger partial charge in [-0.05, 0) is 54.4 Å². The van der Waals surface area contributed by atoms with E-state index in [1.807, 2.05) is 46.4 Å². The van der Waals surface area contributed by atoms with Crippen molar-refractivity contribution >= 4 is 18.2 Å². The van der Waals surface area contributed by atoms with Gasteiger partial charge >= 0.3 is 18.2 Å². The van der Waals surface area contributed by atoms with Crippen molar-refractivity contribution in [3.05, 3.63) is 0 Å². The lowest BCUT2D eigenvalue weighted by atomic mass is 10.2. The highest BCUT2D eigenvalue weighted by atomic mass is 16.6. The number of alkyl carbamates (subject to hydrolysis) is 1. The largest absolute Gasteiger partial charge is 0.459 e. The number of esters is 1. The summed E-state index contributed by atoms with van der Waals surface area (Å²) in [4.78, 5) is 39.1. The minimum absolute atomic E-state index is 0.227. The van der Waals surface area contributed by atoms with Gasteiger partial charge in [0.1, 0.15) is 11.2 Å². The van der Waals surface area contributed by atoms with Gasteiger partial charge in [-0.2, -0.15) is 0 Å². The Balaban J connectivity index is 2.12. The summed E-state index contributed by atoms with van der Waals surface area (Å²) in [5.41, 5.74) is -1.01. The van der Waals surface area contributed by atoms with Crippen LogP contribution in [0, 0.1) is 0 Å². The number of amides is 2. The van der Waals surface area contributed by atoms with E-state index in [1.165, 1.54) is 0 Å². The van der Waals surface area contributed by atoms with Gasteiger partial charge < -0.3 is 24.4 Å². The molecule has 1 rings (SSSR count). The predicted octanol–water partition coefficient (Wildman–Crippen LogP) is 2.39. The molecule has 1 heterocycles. The molecule has 9 heteroatoms. The van der Waals surface area contributed by atoms with Crippen molar-refractivity contribution in [3.63, 3.8) is 0 Å². The Bertz CT molecular complexity index is 545. The van der Waals surface area contributed by atoms with Crippen molar-refractivity contribution in [2.45, 2.75) is 65.6 Å². The summed E-state index contributed by atoms with van der Waals surface area (Å²) >= 11 is 0. The minimum Gasteiger partial charge on any atom is -0.459 e. The Labute approximate surface area is 174 Å². The first-order valence-corrected chi connectivity index (χ1v) is 10.2. The Morgan fingerprint density at radius 2 is 1.45 bits per heavy atom. The fourth-order valence-electron chi connectivity index (χ4n) is 2.63. The van der Waals surface area contributed by atoms with Crippen LogP contribution in [0.2, 0.25) is 0 Å². The Morgan fingerprint density at radius 1 is 0.862 bits per heavy atom. The molecule has 0 aliphatic carbocycles. The topological polar surface area (TPSA) is 97.4 Å². The van der Waals surface area contributed by atoms with E-state index in [9.17, 15) is 14.4 Å². The summed E-state index contributed by atoms with van der Waals surface area (Å²) in [6, 6.07) is 0. The van der Waals surface area contributed by atoms with Crippen LogP contribution in [0.5, 0.6) is 0 Å².